The molecule has 0 radical (unpaired) electrons. The van der Waals surface area contributed by atoms with Gasteiger partial charge in [0.1, 0.15) is 5.82 Å². The molecule has 0 fully saturated rings. The molecule has 3 nitrogen and oxygen atoms in total. The number of halogens is 1. The second-order valence-corrected chi connectivity index (χ2v) is 4.82. The maximum absolute atomic E-state index is 4.53. The van der Waals surface area contributed by atoms with E-state index in [0.717, 1.165) is 36.3 Å². The van der Waals surface area contributed by atoms with Crippen LogP contribution in [0.15, 0.2) is 29.4 Å². The zero-order chi connectivity index (χ0) is 12.7. The first-order valence-corrected chi connectivity index (χ1v) is 6.67. The van der Waals surface area contributed by atoms with Crippen LogP contribution in [-0.4, -0.2) is 25.1 Å². The van der Waals surface area contributed by atoms with Crippen molar-refractivity contribution in [3.63, 3.8) is 0 Å². The fourth-order valence-corrected chi connectivity index (χ4v) is 2.17. The summed E-state index contributed by atoms with van der Waals surface area (Å²) in [6, 6.07) is 2.12. The minimum Gasteiger partial charge on any atom is -0.353 e. The summed E-state index contributed by atoms with van der Waals surface area (Å²) in [4.78, 5) is 6.78. The van der Waals surface area contributed by atoms with E-state index in [9.17, 15) is 0 Å². The molecule has 1 aromatic rings. The van der Waals surface area contributed by atoms with Crippen LogP contribution in [0.5, 0.6) is 0 Å². The van der Waals surface area contributed by atoms with Crippen molar-refractivity contribution < 1.29 is 0 Å². The smallest absolute Gasteiger partial charge is 0.133 e. The standard InChI is InChI=1S/C13H20BrN3/c1-4-6-17(7-5-2)13-11(9-15-3)8-12(14)10-16-13/h4,8,10,15H,1,5-7,9H2,2-3H3. The van der Waals surface area contributed by atoms with Crippen molar-refractivity contribution in [3.8, 4) is 0 Å². The molecule has 0 amide bonds. The monoisotopic (exact) mass is 297 g/mol. The highest BCUT2D eigenvalue weighted by atomic mass is 79.9. The molecule has 0 saturated carbocycles. The number of nitrogens with one attached hydrogen (secondary N) is 1. The van der Waals surface area contributed by atoms with Crippen LogP contribution < -0.4 is 10.2 Å². The lowest BCUT2D eigenvalue weighted by Crippen LogP contribution is -2.27. The van der Waals surface area contributed by atoms with Crippen LogP contribution >= 0.6 is 15.9 Å². The van der Waals surface area contributed by atoms with Gasteiger partial charge < -0.3 is 10.2 Å². The molecule has 0 atom stereocenters. The van der Waals surface area contributed by atoms with Gasteiger partial charge in [-0.1, -0.05) is 13.0 Å². The minimum atomic E-state index is 0.819. The Balaban J connectivity index is 3.02. The van der Waals surface area contributed by atoms with Gasteiger partial charge in [0.05, 0.1) is 0 Å². The Hall–Kier alpha value is -0.870. The fraction of sp³-hybridized carbons (Fsp3) is 0.462. The van der Waals surface area contributed by atoms with Crippen molar-refractivity contribution in [2.45, 2.75) is 19.9 Å². The van der Waals surface area contributed by atoms with Crippen LogP contribution in [0.25, 0.3) is 0 Å². The molecule has 1 rings (SSSR count). The average Bonchev–Trinajstić information content (AvgIpc) is 2.30. The average molecular weight is 298 g/mol. The molecule has 0 aliphatic carbocycles. The molecule has 1 N–H and O–H groups in total. The SMILES string of the molecule is C=CCN(CCC)c1ncc(Br)cc1CNC. The Morgan fingerprint density at radius 1 is 1.59 bits per heavy atom. The molecule has 17 heavy (non-hydrogen) atoms. The maximum Gasteiger partial charge on any atom is 0.133 e. The Kier molecular flexibility index (Phi) is 6.22. The fourth-order valence-electron chi connectivity index (χ4n) is 1.79. The van der Waals surface area contributed by atoms with Gasteiger partial charge in [-0.2, -0.15) is 0 Å². The Morgan fingerprint density at radius 2 is 2.35 bits per heavy atom. The molecular formula is C13H20BrN3. The quantitative estimate of drug-likeness (QED) is 0.784. The molecule has 0 unspecified atom stereocenters. The second-order valence-electron chi connectivity index (χ2n) is 3.90. The summed E-state index contributed by atoms with van der Waals surface area (Å²) in [5.41, 5.74) is 1.21. The minimum absolute atomic E-state index is 0.819. The van der Waals surface area contributed by atoms with Gasteiger partial charge in [0.25, 0.3) is 0 Å². The van der Waals surface area contributed by atoms with Crippen molar-refractivity contribution in [1.82, 2.24) is 10.3 Å². The van der Waals surface area contributed by atoms with Crippen LogP contribution in [0.1, 0.15) is 18.9 Å². The number of hydrogen-bond acceptors (Lipinski definition) is 3. The molecule has 0 spiro atoms. The van der Waals surface area contributed by atoms with E-state index in [1.54, 1.807) is 0 Å². The van der Waals surface area contributed by atoms with E-state index < -0.39 is 0 Å². The number of anilines is 1. The van der Waals surface area contributed by atoms with E-state index >= 15 is 0 Å². The summed E-state index contributed by atoms with van der Waals surface area (Å²) in [5, 5.41) is 3.18. The number of hydrogen-bond donors (Lipinski definition) is 1. The molecule has 1 heterocycles. The first-order chi connectivity index (χ1) is 8.22. The largest absolute Gasteiger partial charge is 0.353 e. The van der Waals surface area contributed by atoms with Gasteiger partial charge in [-0.3, -0.25) is 0 Å². The van der Waals surface area contributed by atoms with Crippen LogP contribution in [0.3, 0.4) is 0 Å². The zero-order valence-electron chi connectivity index (χ0n) is 10.5. The molecule has 0 bridgehead atoms. The lowest BCUT2D eigenvalue weighted by Gasteiger charge is -2.24. The topological polar surface area (TPSA) is 28.2 Å². The lowest BCUT2D eigenvalue weighted by atomic mass is 10.2. The molecule has 94 valence electrons. The highest BCUT2D eigenvalue weighted by molar-refractivity contribution is 9.10. The highest BCUT2D eigenvalue weighted by Gasteiger charge is 2.11. The zero-order valence-corrected chi connectivity index (χ0v) is 12.1. The molecule has 4 heteroatoms. The molecule has 0 saturated heterocycles. The van der Waals surface area contributed by atoms with E-state index in [-0.39, 0.29) is 0 Å². The normalized spacial score (nSPS) is 10.3. The van der Waals surface area contributed by atoms with Crippen LogP contribution in [0.4, 0.5) is 5.82 Å². The first-order valence-electron chi connectivity index (χ1n) is 5.87. The van der Waals surface area contributed by atoms with Gasteiger partial charge >= 0.3 is 0 Å². The van der Waals surface area contributed by atoms with Crippen molar-refractivity contribution in [3.05, 3.63) is 35.0 Å². The molecule has 0 aliphatic heterocycles. The van der Waals surface area contributed by atoms with Crippen molar-refractivity contribution in [1.29, 1.82) is 0 Å². The summed E-state index contributed by atoms with van der Waals surface area (Å²) in [5.74, 6) is 1.05. The summed E-state index contributed by atoms with van der Waals surface area (Å²) in [6.45, 7) is 8.63. The first kappa shape index (κ1) is 14.2. The number of nitrogens with zero attached hydrogens (tertiary/aromatic N) is 2. The van der Waals surface area contributed by atoms with Gasteiger partial charge in [0.2, 0.25) is 0 Å². The summed E-state index contributed by atoms with van der Waals surface area (Å²) < 4.78 is 1.02. The van der Waals surface area contributed by atoms with Crippen molar-refractivity contribution in [2.24, 2.45) is 0 Å². The highest BCUT2D eigenvalue weighted by Crippen LogP contribution is 2.21. The molecular weight excluding hydrogens is 278 g/mol. The van der Waals surface area contributed by atoms with Gasteiger partial charge in [0.15, 0.2) is 0 Å². The molecule has 0 aliphatic rings. The van der Waals surface area contributed by atoms with Crippen LogP contribution in [0, 0.1) is 0 Å². The van der Waals surface area contributed by atoms with E-state index in [1.807, 2.05) is 19.3 Å². The van der Waals surface area contributed by atoms with E-state index in [2.05, 4.69) is 50.7 Å². The Labute approximate surface area is 112 Å². The predicted molar refractivity (Wildman–Crippen MR) is 77.4 cm³/mol. The van der Waals surface area contributed by atoms with Gasteiger partial charge in [-0.05, 0) is 35.5 Å². The van der Waals surface area contributed by atoms with Gasteiger partial charge in [-0.15, -0.1) is 6.58 Å². The van der Waals surface area contributed by atoms with Crippen LogP contribution in [-0.2, 0) is 6.54 Å². The predicted octanol–water partition coefficient (Wildman–Crippen LogP) is 2.97. The maximum atomic E-state index is 4.53. The third-order valence-electron chi connectivity index (χ3n) is 2.42. The van der Waals surface area contributed by atoms with Crippen LogP contribution in [0.2, 0.25) is 0 Å². The van der Waals surface area contributed by atoms with E-state index in [0.29, 0.717) is 0 Å². The third kappa shape index (κ3) is 4.13. The number of rotatable bonds is 7. The summed E-state index contributed by atoms with van der Waals surface area (Å²) in [6.07, 6.45) is 4.87. The van der Waals surface area contributed by atoms with E-state index in [1.165, 1.54) is 5.56 Å². The lowest BCUT2D eigenvalue weighted by molar-refractivity contribution is 0.767. The molecule has 0 aromatic carbocycles. The number of aromatic nitrogens is 1. The third-order valence-corrected chi connectivity index (χ3v) is 2.85. The van der Waals surface area contributed by atoms with Crippen molar-refractivity contribution >= 4 is 21.7 Å². The Morgan fingerprint density at radius 3 is 2.94 bits per heavy atom. The van der Waals surface area contributed by atoms with Crippen molar-refractivity contribution in [2.75, 3.05) is 25.0 Å². The van der Waals surface area contributed by atoms with Gasteiger partial charge in [0, 0.05) is 35.9 Å². The molecule has 1 aromatic heterocycles. The van der Waals surface area contributed by atoms with E-state index in [4.69, 9.17) is 0 Å². The number of pyridine rings is 1. The summed E-state index contributed by atoms with van der Waals surface area (Å²) in [7, 11) is 1.95. The van der Waals surface area contributed by atoms with Gasteiger partial charge in [-0.25, -0.2) is 4.98 Å². The summed E-state index contributed by atoms with van der Waals surface area (Å²) >= 11 is 3.46. The Bertz CT molecular complexity index is 366. The second kappa shape index (κ2) is 7.45.